The van der Waals surface area contributed by atoms with E-state index in [1.165, 1.54) is 23.3 Å². The highest BCUT2D eigenvalue weighted by atomic mass is 35.5. The minimum absolute atomic E-state index is 0.140. The quantitative estimate of drug-likeness (QED) is 0.567. The fraction of sp³-hybridized carbons (Fsp3) is 0.174. The molecule has 0 unspecified atom stereocenters. The summed E-state index contributed by atoms with van der Waals surface area (Å²) in [7, 11) is 0. The number of nitrogens with one attached hydrogen (secondary N) is 1. The topological polar surface area (TPSA) is 38.3 Å². The highest BCUT2D eigenvalue weighted by Gasteiger charge is 2.14. The van der Waals surface area contributed by atoms with Gasteiger partial charge in [0.15, 0.2) is 6.61 Å². The third-order valence-electron chi connectivity index (χ3n) is 4.41. The second kappa shape index (κ2) is 9.90. The Hall–Kier alpha value is -2.85. The molecule has 0 fully saturated rings. The first-order valence-electron chi connectivity index (χ1n) is 9.08. The molecular weight excluding hydrogens is 377 g/mol. The van der Waals surface area contributed by atoms with Crippen molar-refractivity contribution in [2.75, 3.05) is 13.2 Å². The molecule has 1 amide bonds. The van der Waals surface area contributed by atoms with Crippen LogP contribution in [0.1, 0.15) is 23.5 Å². The van der Waals surface area contributed by atoms with Crippen molar-refractivity contribution < 1.29 is 13.9 Å². The number of carbonyl (C=O) groups excluding carboxylic acids is 1. The molecule has 0 radical (unpaired) electrons. The molecular formula is C23H21ClFNO2. The SMILES string of the molecule is O=C(COc1ccc(F)cc1Cl)NCCC(c1ccccc1)c1ccccc1. The van der Waals surface area contributed by atoms with Crippen LogP contribution in [0.4, 0.5) is 4.39 Å². The lowest BCUT2D eigenvalue weighted by molar-refractivity contribution is -0.123. The van der Waals surface area contributed by atoms with Gasteiger partial charge in [0.05, 0.1) is 5.02 Å². The van der Waals surface area contributed by atoms with Gasteiger partial charge in [-0.25, -0.2) is 4.39 Å². The molecule has 0 aliphatic heterocycles. The van der Waals surface area contributed by atoms with Crippen molar-refractivity contribution in [2.45, 2.75) is 12.3 Å². The normalized spacial score (nSPS) is 10.7. The minimum Gasteiger partial charge on any atom is -0.482 e. The van der Waals surface area contributed by atoms with E-state index in [9.17, 15) is 9.18 Å². The van der Waals surface area contributed by atoms with Gasteiger partial charge in [-0.15, -0.1) is 0 Å². The Labute approximate surface area is 169 Å². The third kappa shape index (κ3) is 5.57. The molecule has 5 heteroatoms. The summed E-state index contributed by atoms with van der Waals surface area (Å²) in [6, 6.07) is 24.2. The molecule has 0 heterocycles. The number of benzene rings is 3. The van der Waals surface area contributed by atoms with Gasteiger partial charge >= 0.3 is 0 Å². The number of amides is 1. The van der Waals surface area contributed by atoms with Crippen LogP contribution in [0.5, 0.6) is 5.75 Å². The van der Waals surface area contributed by atoms with Crippen LogP contribution in [0.15, 0.2) is 78.9 Å². The van der Waals surface area contributed by atoms with Gasteiger partial charge < -0.3 is 10.1 Å². The van der Waals surface area contributed by atoms with Crippen molar-refractivity contribution in [3.63, 3.8) is 0 Å². The summed E-state index contributed by atoms with van der Waals surface area (Å²) in [6.45, 7) is 0.334. The van der Waals surface area contributed by atoms with E-state index in [1.807, 2.05) is 36.4 Å². The van der Waals surface area contributed by atoms with Gasteiger partial charge in [-0.05, 0) is 35.7 Å². The Morgan fingerprint density at radius 1 is 0.964 bits per heavy atom. The Bertz CT molecular complexity index is 863. The molecule has 3 nitrogen and oxygen atoms in total. The summed E-state index contributed by atoms with van der Waals surface area (Å²) in [6.07, 6.45) is 0.761. The second-order valence-corrected chi connectivity index (χ2v) is 6.78. The lowest BCUT2D eigenvalue weighted by Gasteiger charge is -2.18. The van der Waals surface area contributed by atoms with Gasteiger partial charge in [-0.3, -0.25) is 4.79 Å². The van der Waals surface area contributed by atoms with Crippen molar-refractivity contribution in [2.24, 2.45) is 0 Å². The highest BCUT2D eigenvalue weighted by molar-refractivity contribution is 6.32. The maximum atomic E-state index is 13.0. The molecule has 0 spiro atoms. The van der Waals surface area contributed by atoms with Gasteiger partial charge in [0.25, 0.3) is 5.91 Å². The molecule has 0 bridgehead atoms. The maximum Gasteiger partial charge on any atom is 0.257 e. The van der Waals surface area contributed by atoms with Crippen LogP contribution < -0.4 is 10.1 Å². The number of rotatable bonds is 8. The molecule has 1 N–H and O–H groups in total. The van der Waals surface area contributed by atoms with Gasteiger partial charge in [0, 0.05) is 12.5 Å². The van der Waals surface area contributed by atoms with E-state index in [-0.39, 0.29) is 29.2 Å². The first-order valence-corrected chi connectivity index (χ1v) is 9.45. The van der Waals surface area contributed by atoms with Gasteiger partial charge in [0.2, 0.25) is 0 Å². The van der Waals surface area contributed by atoms with E-state index in [0.717, 1.165) is 12.5 Å². The van der Waals surface area contributed by atoms with Crippen molar-refractivity contribution in [3.8, 4) is 5.75 Å². The molecule has 0 saturated heterocycles. The van der Waals surface area contributed by atoms with Crippen LogP contribution in [0.3, 0.4) is 0 Å². The predicted molar refractivity (Wildman–Crippen MR) is 109 cm³/mol. The minimum atomic E-state index is -0.449. The van der Waals surface area contributed by atoms with Crippen molar-refractivity contribution >= 4 is 17.5 Å². The Morgan fingerprint density at radius 3 is 2.14 bits per heavy atom. The number of hydrogen-bond donors (Lipinski definition) is 1. The Balaban J connectivity index is 1.54. The van der Waals surface area contributed by atoms with E-state index in [2.05, 4.69) is 29.6 Å². The highest BCUT2D eigenvalue weighted by Crippen LogP contribution is 2.27. The molecule has 144 valence electrons. The summed E-state index contributed by atoms with van der Waals surface area (Å²) in [5.74, 6) is -0.227. The largest absolute Gasteiger partial charge is 0.482 e. The molecule has 0 aliphatic rings. The van der Waals surface area contributed by atoms with Crippen LogP contribution in [0.25, 0.3) is 0 Å². The van der Waals surface area contributed by atoms with Crippen LogP contribution in [0, 0.1) is 5.82 Å². The fourth-order valence-electron chi connectivity index (χ4n) is 3.04. The summed E-state index contributed by atoms with van der Waals surface area (Å²) < 4.78 is 18.4. The zero-order valence-corrected chi connectivity index (χ0v) is 16.0. The van der Waals surface area contributed by atoms with E-state index < -0.39 is 5.82 Å². The van der Waals surface area contributed by atoms with Crippen LogP contribution in [0.2, 0.25) is 5.02 Å². The van der Waals surface area contributed by atoms with Gasteiger partial charge in [0.1, 0.15) is 11.6 Å². The monoisotopic (exact) mass is 397 g/mol. The lowest BCUT2D eigenvalue weighted by Crippen LogP contribution is -2.30. The number of halogens is 2. The lowest BCUT2D eigenvalue weighted by atomic mass is 9.88. The molecule has 0 atom stereocenters. The molecule has 28 heavy (non-hydrogen) atoms. The maximum absolute atomic E-state index is 13.0. The first-order chi connectivity index (χ1) is 13.6. The number of ether oxygens (including phenoxy) is 1. The van der Waals surface area contributed by atoms with Crippen LogP contribution in [-0.4, -0.2) is 19.1 Å². The Kier molecular flexibility index (Phi) is 7.04. The first kappa shape index (κ1) is 19.9. The predicted octanol–water partition coefficient (Wildman–Crippen LogP) is 5.20. The fourth-order valence-corrected chi connectivity index (χ4v) is 3.26. The molecule has 3 rings (SSSR count). The molecule has 0 saturated carbocycles. The van der Waals surface area contributed by atoms with Crippen LogP contribution in [-0.2, 0) is 4.79 Å². The molecule has 3 aromatic rings. The van der Waals surface area contributed by atoms with Crippen molar-refractivity contribution in [1.82, 2.24) is 5.32 Å². The summed E-state index contributed by atoms with van der Waals surface area (Å²) in [5.41, 5.74) is 2.41. The van der Waals surface area contributed by atoms with Crippen molar-refractivity contribution in [1.29, 1.82) is 0 Å². The second-order valence-electron chi connectivity index (χ2n) is 6.38. The van der Waals surface area contributed by atoms with E-state index in [4.69, 9.17) is 16.3 Å². The summed E-state index contributed by atoms with van der Waals surface area (Å²) in [5, 5.41) is 3.01. The summed E-state index contributed by atoms with van der Waals surface area (Å²) >= 11 is 5.90. The van der Waals surface area contributed by atoms with E-state index in [0.29, 0.717) is 6.54 Å². The molecule has 0 aromatic heterocycles. The number of carbonyl (C=O) groups is 1. The standard InChI is InChI=1S/C23H21ClFNO2/c24-21-15-19(25)11-12-22(21)28-16-23(27)26-14-13-20(17-7-3-1-4-8-17)18-9-5-2-6-10-18/h1-12,15,20H,13-14,16H2,(H,26,27). The van der Waals surface area contributed by atoms with E-state index >= 15 is 0 Å². The Morgan fingerprint density at radius 2 is 1.57 bits per heavy atom. The third-order valence-corrected chi connectivity index (χ3v) is 4.71. The zero-order valence-electron chi connectivity index (χ0n) is 15.3. The smallest absolute Gasteiger partial charge is 0.257 e. The average Bonchev–Trinajstić information content (AvgIpc) is 2.72. The van der Waals surface area contributed by atoms with Crippen molar-refractivity contribution in [3.05, 3.63) is 101 Å². The summed E-state index contributed by atoms with van der Waals surface area (Å²) in [4.78, 5) is 12.1. The average molecular weight is 398 g/mol. The van der Waals surface area contributed by atoms with Gasteiger partial charge in [-0.2, -0.15) is 0 Å². The van der Waals surface area contributed by atoms with E-state index in [1.54, 1.807) is 0 Å². The van der Waals surface area contributed by atoms with Crippen LogP contribution >= 0.6 is 11.6 Å². The number of hydrogen-bond acceptors (Lipinski definition) is 2. The molecule has 3 aromatic carbocycles. The molecule has 0 aliphatic carbocycles. The zero-order chi connectivity index (χ0) is 19.8. The van der Waals surface area contributed by atoms with Gasteiger partial charge in [-0.1, -0.05) is 72.3 Å².